The molecule has 1 aromatic carbocycles. The molecule has 0 spiro atoms. The molecular formula is C31H51Cl2N3O5Si. The Balaban J connectivity index is 1.95. The molecule has 2 fully saturated rings. The number of likely N-dealkylation sites (tertiary alicyclic amines) is 1. The first-order valence-corrected chi connectivity index (χ1v) is 18.8. The van der Waals surface area contributed by atoms with Gasteiger partial charge in [0.1, 0.15) is 0 Å². The van der Waals surface area contributed by atoms with Crippen molar-refractivity contribution in [2.45, 2.75) is 84.2 Å². The fraction of sp³-hybridized carbons (Fsp3) is 0.742. The molecule has 3 atom stereocenters. The summed E-state index contributed by atoms with van der Waals surface area (Å²) in [5.74, 6) is -1.23. The quantitative estimate of drug-likeness (QED) is 0.298. The molecule has 8 nitrogen and oxygen atoms in total. The summed E-state index contributed by atoms with van der Waals surface area (Å²) in [6, 6.07) is 5.30. The highest BCUT2D eigenvalue weighted by molar-refractivity contribution is 6.74. The third-order valence-electron chi connectivity index (χ3n) is 9.36. The van der Waals surface area contributed by atoms with Crippen molar-refractivity contribution in [3.8, 4) is 0 Å². The molecular weight excluding hydrogens is 593 g/mol. The molecule has 42 heavy (non-hydrogen) atoms. The van der Waals surface area contributed by atoms with E-state index in [0.717, 1.165) is 31.5 Å². The summed E-state index contributed by atoms with van der Waals surface area (Å²) < 4.78 is 13.2. The first-order chi connectivity index (χ1) is 19.4. The molecule has 2 aliphatic rings. The number of halogens is 2. The zero-order valence-electron chi connectivity index (χ0n) is 26.7. The van der Waals surface area contributed by atoms with Gasteiger partial charge in [-0.1, -0.05) is 70.8 Å². The minimum atomic E-state index is -2.01. The number of nitrogens with zero attached hydrogens (tertiary/aromatic N) is 2. The number of hydrogen-bond donors (Lipinski definition) is 2. The lowest BCUT2D eigenvalue weighted by Gasteiger charge is -2.43. The van der Waals surface area contributed by atoms with Crippen LogP contribution < -0.4 is 5.32 Å². The maximum absolute atomic E-state index is 13.8. The van der Waals surface area contributed by atoms with Crippen LogP contribution in [0.1, 0.15) is 66.1 Å². The van der Waals surface area contributed by atoms with Crippen molar-refractivity contribution < 1.29 is 23.9 Å². The van der Waals surface area contributed by atoms with Crippen LogP contribution in [-0.4, -0.2) is 93.1 Å². The summed E-state index contributed by atoms with van der Waals surface area (Å²) in [6.07, 6.45) is 1.56. The highest BCUT2D eigenvalue weighted by atomic mass is 35.5. The normalized spacial score (nSPS) is 24.4. The molecule has 0 saturated carbocycles. The molecule has 0 radical (unpaired) electrons. The lowest BCUT2D eigenvalue weighted by atomic mass is 9.76. The van der Waals surface area contributed by atoms with Crippen LogP contribution in [0.5, 0.6) is 0 Å². The molecule has 2 saturated heterocycles. The zero-order valence-corrected chi connectivity index (χ0v) is 29.2. The van der Waals surface area contributed by atoms with E-state index in [-0.39, 0.29) is 23.4 Å². The maximum Gasteiger partial charge on any atom is 0.337 e. The molecule has 3 rings (SSSR count). The Morgan fingerprint density at radius 2 is 1.79 bits per heavy atom. The van der Waals surface area contributed by atoms with E-state index in [1.807, 2.05) is 31.7 Å². The van der Waals surface area contributed by atoms with Crippen LogP contribution in [-0.2, 0) is 18.8 Å². The molecule has 1 aromatic rings. The third-order valence-corrected chi connectivity index (χ3v) is 14.6. The fourth-order valence-electron chi connectivity index (χ4n) is 5.43. The van der Waals surface area contributed by atoms with Gasteiger partial charge in [0.05, 0.1) is 29.3 Å². The van der Waals surface area contributed by atoms with Gasteiger partial charge in [0.25, 0.3) is 0 Å². The Hall–Kier alpha value is -1.20. The number of hydrogen-bond acceptors (Lipinski definition) is 6. The first-order valence-electron chi connectivity index (χ1n) is 15.1. The average molecular weight is 645 g/mol. The lowest BCUT2D eigenvalue weighted by molar-refractivity contribution is -0.196. The number of ether oxygens (including phenoxy) is 1. The molecule has 0 bridgehead atoms. The van der Waals surface area contributed by atoms with Gasteiger partial charge in [-0.2, -0.15) is 0 Å². The monoisotopic (exact) mass is 643 g/mol. The molecule has 0 aliphatic carbocycles. The summed E-state index contributed by atoms with van der Waals surface area (Å²) in [6.45, 7) is 20.7. The number of carbonyl (C=O) groups is 2. The topological polar surface area (TPSA) is 91.3 Å². The minimum Gasteiger partial charge on any atom is -0.479 e. The molecule has 1 amide bonds. The van der Waals surface area contributed by atoms with E-state index in [1.165, 1.54) is 0 Å². The van der Waals surface area contributed by atoms with Gasteiger partial charge >= 0.3 is 5.97 Å². The summed E-state index contributed by atoms with van der Waals surface area (Å²) in [5.41, 5.74) is -1.50. The van der Waals surface area contributed by atoms with E-state index in [4.69, 9.17) is 32.4 Å². The van der Waals surface area contributed by atoms with Crippen molar-refractivity contribution in [3.05, 3.63) is 33.8 Å². The number of benzene rings is 1. The fourth-order valence-corrected chi connectivity index (χ4v) is 6.78. The van der Waals surface area contributed by atoms with Crippen LogP contribution in [0.25, 0.3) is 0 Å². The van der Waals surface area contributed by atoms with Gasteiger partial charge < -0.3 is 24.5 Å². The van der Waals surface area contributed by atoms with Gasteiger partial charge in [-0.15, -0.1) is 0 Å². The number of carboxylic acids is 1. The molecule has 2 heterocycles. The van der Waals surface area contributed by atoms with Crippen molar-refractivity contribution in [2.75, 3.05) is 52.4 Å². The predicted octanol–water partition coefficient (Wildman–Crippen LogP) is 6.09. The lowest BCUT2D eigenvalue weighted by Crippen LogP contribution is -2.57. The molecule has 11 heteroatoms. The van der Waals surface area contributed by atoms with Gasteiger partial charge in [-0.3, -0.25) is 9.69 Å². The second kappa shape index (κ2) is 13.8. The molecule has 2 aliphatic heterocycles. The van der Waals surface area contributed by atoms with Crippen molar-refractivity contribution in [3.63, 3.8) is 0 Å². The second-order valence-corrected chi connectivity index (χ2v) is 20.0. The maximum atomic E-state index is 13.8. The Bertz CT molecular complexity index is 1100. The van der Waals surface area contributed by atoms with E-state index in [2.05, 4.69) is 44.1 Å². The first kappa shape index (κ1) is 35.3. The molecule has 2 N–H and O–H groups in total. The van der Waals surface area contributed by atoms with E-state index in [0.29, 0.717) is 42.8 Å². The number of amides is 1. The number of nitrogens with one attached hydrogen (secondary N) is 1. The largest absolute Gasteiger partial charge is 0.479 e. The van der Waals surface area contributed by atoms with Crippen molar-refractivity contribution in [2.24, 2.45) is 11.3 Å². The van der Waals surface area contributed by atoms with Gasteiger partial charge in [-0.05, 0) is 61.8 Å². The van der Waals surface area contributed by atoms with Gasteiger partial charge in [0, 0.05) is 37.5 Å². The smallest absolute Gasteiger partial charge is 0.337 e. The van der Waals surface area contributed by atoms with Crippen molar-refractivity contribution >= 4 is 43.4 Å². The van der Waals surface area contributed by atoms with Crippen LogP contribution in [0.15, 0.2) is 18.2 Å². The van der Waals surface area contributed by atoms with E-state index in [1.54, 1.807) is 12.1 Å². The van der Waals surface area contributed by atoms with Crippen LogP contribution in [0.3, 0.4) is 0 Å². The Morgan fingerprint density at radius 1 is 1.14 bits per heavy atom. The Labute approximate surface area is 263 Å². The third kappa shape index (κ3) is 8.28. The van der Waals surface area contributed by atoms with Crippen LogP contribution in [0.4, 0.5) is 0 Å². The van der Waals surface area contributed by atoms with Crippen LogP contribution in [0.2, 0.25) is 28.2 Å². The van der Waals surface area contributed by atoms with E-state index in [9.17, 15) is 14.7 Å². The number of rotatable bonds is 10. The molecule has 1 unspecified atom stereocenters. The van der Waals surface area contributed by atoms with Gasteiger partial charge in [0.2, 0.25) is 5.91 Å². The van der Waals surface area contributed by atoms with E-state index < -0.39 is 31.4 Å². The highest BCUT2D eigenvalue weighted by Crippen LogP contribution is 2.43. The summed E-state index contributed by atoms with van der Waals surface area (Å²) in [5, 5.41) is 14.7. The summed E-state index contributed by atoms with van der Waals surface area (Å²) >= 11 is 12.7. The summed E-state index contributed by atoms with van der Waals surface area (Å²) in [4.78, 5) is 30.7. The van der Waals surface area contributed by atoms with Crippen molar-refractivity contribution in [1.29, 1.82) is 0 Å². The molecule has 0 aromatic heterocycles. The summed E-state index contributed by atoms with van der Waals surface area (Å²) in [7, 11) is -2.01. The average Bonchev–Trinajstić information content (AvgIpc) is 3.29. The number of carbonyl (C=O) groups excluding carboxylic acids is 1. The predicted molar refractivity (Wildman–Crippen MR) is 172 cm³/mol. The van der Waals surface area contributed by atoms with Crippen molar-refractivity contribution in [1.82, 2.24) is 15.1 Å². The van der Waals surface area contributed by atoms with Gasteiger partial charge in [-0.25, -0.2) is 4.79 Å². The Kier molecular flexibility index (Phi) is 11.6. The SMILES string of the molecule is CC(C)(C)C1(C(=O)O)CNC[C@H](CN(CCO[Si](C)(C)C(C)(C)C)C(=O)CN2CCCC2)[C@H](c2ccc(Cl)c(Cl)c2)O1. The highest BCUT2D eigenvalue weighted by Gasteiger charge is 2.54. The number of carboxylic acid groups (broad SMARTS) is 1. The Morgan fingerprint density at radius 3 is 2.33 bits per heavy atom. The molecule has 238 valence electrons. The standard InChI is InChI=1S/C31H51Cl2N3O5Si/c1-29(2,3)31(28(38)39)21-34-18-23(27(41-31)22-11-12-24(32)25(33)17-22)19-36(26(37)20-35-13-9-10-14-35)15-16-40-42(7,8)30(4,5)6/h11-12,17,23,27,34H,9-10,13-16,18-21H2,1-8H3,(H,38,39)/t23-,27+,31?/m1/s1. The minimum absolute atomic E-state index is 0.0492. The van der Waals surface area contributed by atoms with Crippen LogP contribution >= 0.6 is 23.2 Å². The second-order valence-electron chi connectivity index (χ2n) is 14.4. The number of aliphatic carboxylic acids is 1. The zero-order chi connectivity index (χ0) is 31.5. The van der Waals surface area contributed by atoms with Gasteiger partial charge in [0.15, 0.2) is 13.9 Å². The van der Waals surface area contributed by atoms with E-state index >= 15 is 0 Å². The van der Waals surface area contributed by atoms with Crippen LogP contribution in [0, 0.1) is 11.3 Å².